The third kappa shape index (κ3) is 7.07. The van der Waals surface area contributed by atoms with Gasteiger partial charge in [-0.05, 0) is 44.1 Å². The van der Waals surface area contributed by atoms with Gasteiger partial charge in [-0.15, -0.1) is 0 Å². The van der Waals surface area contributed by atoms with Crippen molar-refractivity contribution in [1.29, 1.82) is 0 Å². The molecule has 5 nitrogen and oxygen atoms in total. The highest BCUT2D eigenvalue weighted by Gasteiger charge is 2.22. The van der Waals surface area contributed by atoms with Crippen molar-refractivity contribution in [2.75, 3.05) is 45.2 Å². The Morgan fingerprint density at radius 2 is 2.10 bits per heavy atom. The minimum Gasteiger partial charge on any atom is -0.359 e. The molecule has 1 saturated heterocycles. The lowest BCUT2D eigenvalue weighted by atomic mass is 9.93. The maximum atomic E-state index is 11.4. The van der Waals surface area contributed by atoms with Gasteiger partial charge in [0.2, 0.25) is 5.91 Å². The molecule has 21 heavy (non-hydrogen) atoms. The summed E-state index contributed by atoms with van der Waals surface area (Å²) >= 11 is 1.87. The van der Waals surface area contributed by atoms with Crippen LogP contribution in [0.4, 0.5) is 0 Å². The molecule has 0 atom stereocenters. The van der Waals surface area contributed by atoms with E-state index in [2.05, 4.69) is 28.7 Å². The normalized spacial score (nSPS) is 16.9. The molecule has 1 rings (SSSR count). The van der Waals surface area contributed by atoms with E-state index in [-0.39, 0.29) is 5.91 Å². The second kappa shape index (κ2) is 10.8. The van der Waals surface area contributed by atoms with Crippen molar-refractivity contribution < 1.29 is 4.79 Å². The SMILES string of the molecule is CCNC(=NCCCSC)N1CCC(CC(=O)NC)CC1. The number of piperidine rings is 1. The molecule has 0 aromatic heterocycles. The van der Waals surface area contributed by atoms with Gasteiger partial charge in [-0.25, -0.2) is 0 Å². The zero-order chi connectivity index (χ0) is 15.5. The van der Waals surface area contributed by atoms with E-state index in [0.717, 1.165) is 57.2 Å². The van der Waals surface area contributed by atoms with E-state index < -0.39 is 0 Å². The molecule has 0 saturated carbocycles. The Balaban J connectivity index is 2.41. The third-order valence-corrected chi connectivity index (χ3v) is 4.47. The molecule has 1 aliphatic heterocycles. The smallest absolute Gasteiger partial charge is 0.220 e. The van der Waals surface area contributed by atoms with Gasteiger partial charge in [0.05, 0.1) is 0 Å². The van der Waals surface area contributed by atoms with Crippen LogP contribution in [0.2, 0.25) is 0 Å². The number of guanidine groups is 1. The number of carbonyl (C=O) groups excluding carboxylic acids is 1. The Hall–Kier alpha value is -0.910. The van der Waals surface area contributed by atoms with Crippen molar-refractivity contribution in [1.82, 2.24) is 15.5 Å². The predicted molar refractivity (Wildman–Crippen MR) is 92.0 cm³/mol. The number of rotatable bonds is 7. The van der Waals surface area contributed by atoms with Crippen molar-refractivity contribution in [3.05, 3.63) is 0 Å². The Morgan fingerprint density at radius 1 is 1.38 bits per heavy atom. The van der Waals surface area contributed by atoms with E-state index in [1.54, 1.807) is 7.05 Å². The van der Waals surface area contributed by atoms with E-state index in [1.165, 1.54) is 0 Å². The second-order valence-electron chi connectivity index (χ2n) is 5.39. The number of thioether (sulfide) groups is 1. The molecule has 1 heterocycles. The van der Waals surface area contributed by atoms with E-state index in [0.29, 0.717) is 12.3 Å². The van der Waals surface area contributed by atoms with Gasteiger partial charge in [0.15, 0.2) is 5.96 Å². The van der Waals surface area contributed by atoms with E-state index in [9.17, 15) is 4.79 Å². The first kappa shape index (κ1) is 18.1. The fourth-order valence-electron chi connectivity index (χ4n) is 2.53. The summed E-state index contributed by atoms with van der Waals surface area (Å²) in [4.78, 5) is 18.5. The second-order valence-corrected chi connectivity index (χ2v) is 6.38. The lowest BCUT2D eigenvalue weighted by Gasteiger charge is -2.34. The quantitative estimate of drug-likeness (QED) is 0.425. The first-order valence-corrected chi connectivity index (χ1v) is 9.33. The van der Waals surface area contributed by atoms with Crippen LogP contribution in [0.15, 0.2) is 4.99 Å². The van der Waals surface area contributed by atoms with Crippen LogP contribution < -0.4 is 10.6 Å². The Labute approximate surface area is 133 Å². The van der Waals surface area contributed by atoms with Crippen molar-refractivity contribution in [3.63, 3.8) is 0 Å². The lowest BCUT2D eigenvalue weighted by molar-refractivity contribution is -0.121. The van der Waals surface area contributed by atoms with Gasteiger partial charge in [-0.3, -0.25) is 9.79 Å². The van der Waals surface area contributed by atoms with Crippen molar-refractivity contribution in [2.24, 2.45) is 10.9 Å². The molecular weight excluding hydrogens is 284 g/mol. The maximum Gasteiger partial charge on any atom is 0.220 e. The van der Waals surface area contributed by atoms with Crippen LogP contribution in [0.25, 0.3) is 0 Å². The van der Waals surface area contributed by atoms with Gasteiger partial charge < -0.3 is 15.5 Å². The average molecular weight is 314 g/mol. The first-order chi connectivity index (χ1) is 10.2. The van der Waals surface area contributed by atoms with Crippen LogP contribution in [0, 0.1) is 5.92 Å². The van der Waals surface area contributed by atoms with E-state index >= 15 is 0 Å². The highest BCUT2D eigenvalue weighted by atomic mass is 32.2. The maximum absolute atomic E-state index is 11.4. The number of aliphatic imine (C=N–C) groups is 1. The molecule has 2 N–H and O–H groups in total. The monoisotopic (exact) mass is 314 g/mol. The molecule has 0 aromatic rings. The topological polar surface area (TPSA) is 56.7 Å². The number of nitrogens with one attached hydrogen (secondary N) is 2. The zero-order valence-electron chi connectivity index (χ0n) is 13.7. The van der Waals surface area contributed by atoms with Crippen LogP contribution in [0.5, 0.6) is 0 Å². The highest BCUT2D eigenvalue weighted by Crippen LogP contribution is 2.20. The Kier molecular flexibility index (Phi) is 9.30. The fourth-order valence-corrected chi connectivity index (χ4v) is 2.95. The zero-order valence-corrected chi connectivity index (χ0v) is 14.5. The third-order valence-electron chi connectivity index (χ3n) is 3.77. The highest BCUT2D eigenvalue weighted by molar-refractivity contribution is 7.98. The molecule has 6 heteroatoms. The average Bonchev–Trinajstić information content (AvgIpc) is 2.51. The van der Waals surface area contributed by atoms with Gasteiger partial charge in [-0.1, -0.05) is 0 Å². The van der Waals surface area contributed by atoms with Crippen LogP contribution in [0.1, 0.15) is 32.6 Å². The summed E-state index contributed by atoms with van der Waals surface area (Å²) in [7, 11) is 1.71. The molecule has 1 aliphatic rings. The standard InChI is InChI=1S/C15H30N4OS/c1-4-17-15(18-8-5-11-21-3)19-9-6-13(7-10-19)12-14(20)16-2/h13H,4-12H2,1-3H3,(H,16,20)(H,17,18). The van der Waals surface area contributed by atoms with Gasteiger partial charge in [0.1, 0.15) is 0 Å². The van der Waals surface area contributed by atoms with Gasteiger partial charge >= 0.3 is 0 Å². The Morgan fingerprint density at radius 3 is 2.67 bits per heavy atom. The minimum absolute atomic E-state index is 0.158. The fraction of sp³-hybridized carbons (Fsp3) is 0.867. The molecule has 0 radical (unpaired) electrons. The minimum atomic E-state index is 0.158. The summed E-state index contributed by atoms with van der Waals surface area (Å²) in [6.45, 7) is 5.89. The van der Waals surface area contributed by atoms with E-state index in [1.807, 2.05) is 11.8 Å². The molecule has 0 aromatic carbocycles. The first-order valence-electron chi connectivity index (χ1n) is 7.94. The molecule has 0 bridgehead atoms. The summed E-state index contributed by atoms with van der Waals surface area (Å²) in [5.74, 6) is 2.88. The summed E-state index contributed by atoms with van der Waals surface area (Å²) in [6.07, 6.45) is 6.06. The van der Waals surface area contributed by atoms with Crippen molar-refractivity contribution in [3.8, 4) is 0 Å². The van der Waals surface area contributed by atoms with Gasteiger partial charge in [-0.2, -0.15) is 11.8 Å². The summed E-state index contributed by atoms with van der Waals surface area (Å²) < 4.78 is 0. The molecule has 0 unspecified atom stereocenters. The van der Waals surface area contributed by atoms with Crippen molar-refractivity contribution in [2.45, 2.75) is 32.6 Å². The number of likely N-dealkylation sites (tertiary alicyclic amines) is 1. The largest absolute Gasteiger partial charge is 0.359 e. The molecule has 122 valence electrons. The molecule has 1 amide bonds. The summed E-state index contributed by atoms with van der Waals surface area (Å²) in [5.41, 5.74) is 0. The Bertz CT molecular complexity index is 328. The molecular formula is C15H30N4OS. The van der Waals surface area contributed by atoms with Crippen LogP contribution >= 0.6 is 11.8 Å². The van der Waals surface area contributed by atoms with Gasteiger partial charge in [0.25, 0.3) is 0 Å². The molecule has 1 fully saturated rings. The summed E-state index contributed by atoms with van der Waals surface area (Å²) in [5, 5.41) is 6.10. The molecule has 0 aliphatic carbocycles. The van der Waals surface area contributed by atoms with E-state index in [4.69, 9.17) is 4.99 Å². The number of carbonyl (C=O) groups is 1. The number of amides is 1. The molecule has 0 spiro atoms. The van der Waals surface area contributed by atoms with Crippen molar-refractivity contribution >= 4 is 23.6 Å². The lowest BCUT2D eigenvalue weighted by Crippen LogP contribution is -2.46. The van der Waals surface area contributed by atoms with Gasteiger partial charge in [0, 0.05) is 39.6 Å². The predicted octanol–water partition coefficient (Wildman–Crippen LogP) is 1.55. The number of hydrogen-bond acceptors (Lipinski definition) is 3. The number of nitrogens with zero attached hydrogens (tertiary/aromatic N) is 2. The van der Waals surface area contributed by atoms with Crippen LogP contribution in [-0.4, -0.2) is 62.0 Å². The number of hydrogen-bond donors (Lipinski definition) is 2. The van der Waals surface area contributed by atoms with Crippen LogP contribution in [0.3, 0.4) is 0 Å². The van der Waals surface area contributed by atoms with Crippen LogP contribution in [-0.2, 0) is 4.79 Å². The summed E-state index contributed by atoms with van der Waals surface area (Å²) in [6, 6.07) is 0.